The molecule has 2 aliphatic heterocycles. The molecule has 0 aromatic carbocycles. The standard InChI is InChI=1S/C32H36N4.2CH2O2.Fe/c1-9-21-17(5)25-13-26-18(6)23(11-3)31(34-26)16-32-24(12-4)20(8)28(36-32)15-30-22(10-2)19(7)27(35-30)14-29(21)33-25;2*2-1-3;/h13-16H,9-12H2,1-8H3;2*1H,(H,2,3);/q-2;;;+2. The fourth-order valence-corrected chi connectivity index (χ4v) is 5.85. The number of rotatable bonds is 4. The number of fused-ring (bicyclic) bond motifs is 8. The third-order valence-corrected chi connectivity index (χ3v) is 8.06. The Morgan fingerprint density at radius 1 is 0.581 bits per heavy atom. The van der Waals surface area contributed by atoms with Crippen molar-refractivity contribution in [2.24, 2.45) is 0 Å². The number of aryl methyl sites for hydroxylation is 4. The van der Waals surface area contributed by atoms with Gasteiger partial charge in [-0.2, -0.15) is 0 Å². The second kappa shape index (κ2) is 15.5. The summed E-state index contributed by atoms with van der Waals surface area (Å²) in [5.41, 5.74) is 18.2. The normalized spacial score (nSPS) is 12.1. The molecule has 0 aliphatic carbocycles. The number of hydrogen-bond acceptors (Lipinski definition) is 4. The molecule has 0 fully saturated rings. The van der Waals surface area contributed by atoms with E-state index in [9.17, 15) is 0 Å². The maximum atomic E-state index is 8.36. The molecule has 9 heteroatoms. The van der Waals surface area contributed by atoms with Crippen molar-refractivity contribution in [3.8, 4) is 0 Å². The van der Waals surface area contributed by atoms with Crippen molar-refractivity contribution < 1.29 is 36.9 Å². The van der Waals surface area contributed by atoms with E-state index in [0.29, 0.717) is 0 Å². The summed E-state index contributed by atoms with van der Waals surface area (Å²) in [6, 6.07) is 8.72. The topological polar surface area (TPSA) is 129 Å². The molecule has 5 heterocycles. The van der Waals surface area contributed by atoms with Crippen LogP contribution in [0.3, 0.4) is 0 Å². The predicted molar refractivity (Wildman–Crippen MR) is 170 cm³/mol. The predicted octanol–water partition coefficient (Wildman–Crippen LogP) is 7.40. The molecule has 0 unspecified atom stereocenters. The second-order valence-corrected chi connectivity index (χ2v) is 10.1. The minimum atomic E-state index is -0.250. The van der Waals surface area contributed by atoms with Crippen LogP contribution >= 0.6 is 0 Å². The van der Waals surface area contributed by atoms with E-state index in [1.54, 1.807) is 0 Å². The molecule has 0 radical (unpaired) electrons. The van der Waals surface area contributed by atoms with E-state index in [-0.39, 0.29) is 30.0 Å². The van der Waals surface area contributed by atoms with Gasteiger partial charge in [-0.05, 0) is 75.7 Å². The minimum Gasteiger partial charge on any atom is -0.657 e. The first-order valence-electron chi connectivity index (χ1n) is 14.3. The molecule has 2 aliphatic rings. The maximum absolute atomic E-state index is 8.36. The van der Waals surface area contributed by atoms with Crippen molar-refractivity contribution in [2.75, 3.05) is 0 Å². The van der Waals surface area contributed by atoms with Crippen LogP contribution in [0, 0.1) is 13.8 Å². The molecule has 8 nitrogen and oxygen atoms in total. The third-order valence-electron chi connectivity index (χ3n) is 8.06. The summed E-state index contributed by atoms with van der Waals surface area (Å²) in [4.78, 5) is 37.2. The molecule has 228 valence electrons. The van der Waals surface area contributed by atoms with Crippen LogP contribution in [0.2, 0.25) is 0 Å². The fraction of sp³-hybridized carbons (Fsp3) is 0.353. The van der Waals surface area contributed by atoms with Gasteiger partial charge in [0.25, 0.3) is 12.9 Å². The molecule has 8 bridgehead atoms. The summed E-state index contributed by atoms with van der Waals surface area (Å²) in [5, 5.41) is 13.8. The van der Waals surface area contributed by atoms with E-state index in [1.165, 1.54) is 44.5 Å². The summed E-state index contributed by atoms with van der Waals surface area (Å²) in [5.74, 6) is 0. The molecule has 0 atom stereocenters. The van der Waals surface area contributed by atoms with E-state index in [0.717, 1.165) is 70.5 Å². The van der Waals surface area contributed by atoms with Gasteiger partial charge in [0.1, 0.15) is 0 Å². The largest absolute Gasteiger partial charge is 2.00 e. The Morgan fingerprint density at radius 3 is 1.21 bits per heavy atom. The van der Waals surface area contributed by atoms with Gasteiger partial charge in [-0.3, -0.25) is 9.59 Å². The molecule has 2 N–H and O–H groups in total. The Morgan fingerprint density at radius 2 is 0.884 bits per heavy atom. The van der Waals surface area contributed by atoms with Gasteiger partial charge in [0, 0.05) is 0 Å². The van der Waals surface area contributed by atoms with Gasteiger partial charge in [-0.1, -0.05) is 74.2 Å². The molecule has 3 aromatic rings. The number of allylic oxidation sites excluding steroid dienone is 4. The summed E-state index contributed by atoms with van der Waals surface area (Å²) in [6.07, 6.45) is 3.74. The molecular formula is C34H40FeN4O4. The van der Waals surface area contributed by atoms with E-state index < -0.39 is 0 Å². The number of hydrogen-bond donors (Lipinski definition) is 2. The van der Waals surface area contributed by atoms with E-state index in [2.05, 4.69) is 79.7 Å². The van der Waals surface area contributed by atoms with Gasteiger partial charge < -0.3 is 20.2 Å². The Hall–Kier alpha value is -3.94. The van der Waals surface area contributed by atoms with Crippen molar-refractivity contribution in [1.82, 2.24) is 19.9 Å². The molecule has 0 spiro atoms. The van der Waals surface area contributed by atoms with Crippen molar-refractivity contribution in [1.29, 1.82) is 0 Å². The van der Waals surface area contributed by atoms with Gasteiger partial charge >= 0.3 is 17.1 Å². The average molecular weight is 625 g/mol. The number of aromatic nitrogens is 4. The Kier molecular flexibility index (Phi) is 12.7. The van der Waals surface area contributed by atoms with Crippen LogP contribution in [0.15, 0.2) is 24.3 Å². The average Bonchev–Trinajstić information content (AvgIpc) is 3.62. The molecule has 3 aromatic heterocycles. The summed E-state index contributed by atoms with van der Waals surface area (Å²) < 4.78 is 0. The zero-order valence-electron chi connectivity index (χ0n) is 26.1. The molecule has 5 rings (SSSR count). The number of nitrogens with zero attached hydrogens (tertiary/aromatic N) is 4. The smallest absolute Gasteiger partial charge is 0.657 e. The molecular weight excluding hydrogens is 584 g/mol. The van der Waals surface area contributed by atoms with Crippen molar-refractivity contribution >= 4 is 57.3 Å². The van der Waals surface area contributed by atoms with Gasteiger partial charge in [-0.15, -0.1) is 22.1 Å². The first kappa shape index (κ1) is 35.3. The van der Waals surface area contributed by atoms with Crippen molar-refractivity contribution in [3.63, 3.8) is 0 Å². The molecule has 0 amide bonds. The molecule has 0 saturated heterocycles. The monoisotopic (exact) mass is 624 g/mol. The zero-order chi connectivity index (χ0) is 31.1. The SMILES string of the molecule is CCC1=C(C)c2cc3[n-]c(cc4nc(cc5[n-]c(cc1n2)c(C)c5CC)C(C)=C4CC)c(CC)c3C.O=CO.O=CO.[Fe+2]. The van der Waals surface area contributed by atoms with Crippen LogP contribution in [-0.4, -0.2) is 33.1 Å². The van der Waals surface area contributed by atoms with Crippen LogP contribution in [-0.2, 0) is 39.5 Å². The number of carbonyl (C=O) groups is 2. The quantitative estimate of drug-likeness (QED) is 0.227. The Balaban J connectivity index is 0.000000853. The van der Waals surface area contributed by atoms with Gasteiger partial charge in [-0.25, -0.2) is 9.97 Å². The summed E-state index contributed by atoms with van der Waals surface area (Å²) in [7, 11) is 0. The van der Waals surface area contributed by atoms with Crippen LogP contribution < -0.4 is 9.97 Å². The van der Waals surface area contributed by atoms with Gasteiger partial charge in [0.15, 0.2) is 0 Å². The van der Waals surface area contributed by atoms with Crippen LogP contribution in [0.25, 0.3) is 44.4 Å². The van der Waals surface area contributed by atoms with Crippen molar-refractivity contribution in [2.45, 2.75) is 81.1 Å². The maximum Gasteiger partial charge on any atom is 2.00 e. The number of carboxylic acid groups (broad SMARTS) is 2. The Labute approximate surface area is 263 Å². The fourth-order valence-electron chi connectivity index (χ4n) is 5.85. The first-order chi connectivity index (χ1) is 20.1. The van der Waals surface area contributed by atoms with Gasteiger partial charge in [0.05, 0.1) is 22.8 Å². The van der Waals surface area contributed by atoms with E-state index >= 15 is 0 Å². The Bertz CT molecular complexity index is 1720. The van der Waals surface area contributed by atoms with Gasteiger partial charge in [0.2, 0.25) is 0 Å². The molecule has 43 heavy (non-hydrogen) atoms. The van der Waals surface area contributed by atoms with Crippen LogP contribution in [0.5, 0.6) is 0 Å². The summed E-state index contributed by atoms with van der Waals surface area (Å²) in [6.45, 7) is 17.1. The zero-order valence-corrected chi connectivity index (χ0v) is 27.3. The second-order valence-electron chi connectivity index (χ2n) is 10.1. The van der Waals surface area contributed by atoms with E-state index in [4.69, 9.17) is 39.7 Å². The van der Waals surface area contributed by atoms with E-state index in [1.807, 2.05) is 0 Å². The summed E-state index contributed by atoms with van der Waals surface area (Å²) >= 11 is 0. The first-order valence-corrected chi connectivity index (χ1v) is 14.3. The third kappa shape index (κ3) is 7.00. The van der Waals surface area contributed by atoms with Crippen molar-refractivity contribution in [3.05, 3.63) is 69.3 Å². The molecule has 0 saturated carbocycles. The van der Waals surface area contributed by atoms with Crippen LogP contribution in [0.1, 0.15) is 99.4 Å². The minimum absolute atomic E-state index is 0. The van der Waals surface area contributed by atoms with Crippen LogP contribution in [0.4, 0.5) is 0 Å².